The average molecular weight is 399 g/mol. The van der Waals surface area contributed by atoms with E-state index in [1.165, 1.54) is 6.92 Å². The van der Waals surface area contributed by atoms with Crippen molar-refractivity contribution in [3.05, 3.63) is 41.8 Å². The Morgan fingerprint density at radius 2 is 1.85 bits per heavy atom. The third-order valence-electron chi connectivity index (χ3n) is 3.57. The Bertz CT molecular complexity index is 789. The number of hydrogen-bond donors (Lipinski definition) is 1. The summed E-state index contributed by atoms with van der Waals surface area (Å²) in [6.45, 7) is 2.53. The van der Waals surface area contributed by atoms with E-state index < -0.39 is 10.0 Å². The monoisotopic (exact) mass is 398 g/mol. The number of nitrogens with one attached hydrogen (secondary N) is 1. The van der Waals surface area contributed by atoms with Crippen LogP contribution in [0.15, 0.2) is 46.0 Å². The highest BCUT2D eigenvalue weighted by atomic mass is 32.2. The lowest BCUT2D eigenvalue weighted by Crippen LogP contribution is -2.39. The zero-order valence-electron chi connectivity index (χ0n) is 14.7. The number of methoxy groups -OCH3 is 1. The molecule has 0 saturated carbocycles. The van der Waals surface area contributed by atoms with Crippen molar-refractivity contribution in [2.75, 3.05) is 33.4 Å². The fraction of sp³-hybridized carbons (Fsp3) is 0.353. The number of thiophene rings is 1. The molecule has 0 saturated heterocycles. The van der Waals surface area contributed by atoms with Crippen LogP contribution in [0.5, 0.6) is 11.5 Å². The van der Waals surface area contributed by atoms with Gasteiger partial charge in [0.25, 0.3) is 0 Å². The van der Waals surface area contributed by atoms with Crippen LogP contribution in [0, 0.1) is 0 Å². The van der Waals surface area contributed by atoms with Crippen molar-refractivity contribution >= 4 is 27.3 Å². The number of amides is 1. The summed E-state index contributed by atoms with van der Waals surface area (Å²) in [5.41, 5.74) is 0. The lowest BCUT2D eigenvalue weighted by Gasteiger charge is -2.21. The molecule has 1 amide bonds. The molecule has 142 valence electrons. The molecule has 0 atom stereocenters. The van der Waals surface area contributed by atoms with Gasteiger partial charge in [0.15, 0.2) is 0 Å². The van der Waals surface area contributed by atoms with Crippen molar-refractivity contribution in [1.82, 2.24) is 9.62 Å². The van der Waals surface area contributed by atoms with Crippen molar-refractivity contribution in [3.63, 3.8) is 0 Å². The standard InChI is InChI=1S/C17H22N2O5S2/c1-14(20)19(10-9-18-26(21,22)17-4-3-13-25-17)11-12-24-16-7-5-15(23-2)6-8-16/h3-8,13,18H,9-12H2,1-2H3. The summed E-state index contributed by atoms with van der Waals surface area (Å²) >= 11 is 1.15. The number of hydrogen-bond acceptors (Lipinski definition) is 6. The average Bonchev–Trinajstić information content (AvgIpc) is 3.16. The summed E-state index contributed by atoms with van der Waals surface area (Å²) in [6, 6.07) is 10.4. The summed E-state index contributed by atoms with van der Waals surface area (Å²) < 4.78 is 37.6. The SMILES string of the molecule is COc1ccc(OCCN(CCNS(=O)(=O)c2cccs2)C(C)=O)cc1. The van der Waals surface area contributed by atoms with Gasteiger partial charge in [0.1, 0.15) is 22.3 Å². The molecule has 2 aromatic rings. The zero-order chi connectivity index (χ0) is 19.0. The number of rotatable bonds is 10. The number of nitrogens with zero attached hydrogens (tertiary/aromatic N) is 1. The number of sulfonamides is 1. The predicted molar refractivity (Wildman–Crippen MR) is 100 cm³/mol. The minimum Gasteiger partial charge on any atom is -0.497 e. The third-order valence-corrected chi connectivity index (χ3v) is 6.43. The Labute approximate surface area is 157 Å². The van der Waals surface area contributed by atoms with E-state index in [1.807, 2.05) is 0 Å². The molecule has 0 aliphatic rings. The third kappa shape index (κ3) is 6.01. The summed E-state index contributed by atoms with van der Waals surface area (Å²) in [6.07, 6.45) is 0. The van der Waals surface area contributed by atoms with Gasteiger partial charge in [-0.25, -0.2) is 13.1 Å². The van der Waals surface area contributed by atoms with E-state index >= 15 is 0 Å². The first-order valence-electron chi connectivity index (χ1n) is 7.98. The van der Waals surface area contributed by atoms with Crippen molar-refractivity contribution in [1.29, 1.82) is 0 Å². The van der Waals surface area contributed by atoms with E-state index in [2.05, 4.69) is 4.72 Å². The maximum atomic E-state index is 12.1. The molecule has 1 N–H and O–H groups in total. The van der Waals surface area contributed by atoms with Crippen LogP contribution in [0.25, 0.3) is 0 Å². The van der Waals surface area contributed by atoms with Crippen LogP contribution in [0.4, 0.5) is 0 Å². The normalized spacial score (nSPS) is 11.2. The summed E-state index contributed by atoms with van der Waals surface area (Å²) in [5.74, 6) is 1.27. The summed E-state index contributed by atoms with van der Waals surface area (Å²) in [7, 11) is -1.93. The molecule has 0 spiro atoms. The minimum atomic E-state index is -3.52. The number of benzene rings is 1. The summed E-state index contributed by atoms with van der Waals surface area (Å²) in [5, 5.41) is 1.70. The first-order chi connectivity index (χ1) is 12.4. The van der Waals surface area contributed by atoms with Gasteiger partial charge in [0, 0.05) is 20.0 Å². The van der Waals surface area contributed by atoms with Gasteiger partial charge >= 0.3 is 0 Å². The fourth-order valence-corrected chi connectivity index (χ4v) is 4.23. The largest absolute Gasteiger partial charge is 0.497 e. The van der Waals surface area contributed by atoms with Gasteiger partial charge in [0.05, 0.1) is 13.7 Å². The number of ether oxygens (including phenoxy) is 2. The Hall–Kier alpha value is -2.10. The van der Waals surface area contributed by atoms with Crippen LogP contribution in [-0.4, -0.2) is 52.6 Å². The Morgan fingerprint density at radius 3 is 2.42 bits per heavy atom. The van der Waals surface area contributed by atoms with Gasteiger partial charge in [-0.3, -0.25) is 4.79 Å². The molecule has 1 aromatic carbocycles. The second kappa shape index (κ2) is 9.56. The van der Waals surface area contributed by atoms with Crippen LogP contribution in [-0.2, 0) is 14.8 Å². The van der Waals surface area contributed by atoms with E-state index in [0.717, 1.165) is 17.1 Å². The lowest BCUT2D eigenvalue weighted by molar-refractivity contribution is -0.129. The molecule has 1 aromatic heterocycles. The topological polar surface area (TPSA) is 84.9 Å². The molecule has 0 aliphatic carbocycles. The van der Waals surface area contributed by atoms with E-state index in [1.54, 1.807) is 53.8 Å². The minimum absolute atomic E-state index is 0.140. The van der Waals surface area contributed by atoms with Gasteiger partial charge in [-0.15, -0.1) is 11.3 Å². The van der Waals surface area contributed by atoms with Gasteiger partial charge in [-0.2, -0.15) is 0 Å². The molecule has 1 heterocycles. The van der Waals surface area contributed by atoms with Gasteiger partial charge in [0.2, 0.25) is 15.9 Å². The van der Waals surface area contributed by atoms with Crippen LogP contribution >= 0.6 is 11.3 Å². The van der Waals surface area contributed by atoms with Gasteiger partial charge in [-0.1, -0.05) is 6.07 Å². The van der Waals surface area contributed by atoms with Crippen LogP contribution in [0.3, 0.4) is 0 Å². The molecule has 0 unspecified atom stereocenters. The second-order valence-corrected chi connectivity index (χ2v) is 8.30. The predicted octanol–water partition coefficient (Wildman–Crippen LogP) is 1.96. The van der Waals surface area contributed by atoms with E-state index in [4.69, 9.17) is 9.47 Å². The molecule has 26 heavy (non-hydrogen) atoms. The van der Waals surface area contributed by atoms with Gasteiger partial charge < -0.3 is 14.4 Å². The second-order valence-electron chi connectivity index (χ2n) is 5.36. The molecular weight excluding hydrogens is 376 g/mol. The molecule has 0 fully saturated rings. The van der Waals surface area contributed by atoms with Crippen LogP contribution in [0.1, 0.15) is 6.92 Å². The van der Waals surface area contributed by atoms with Crippen LogP contribution < -0.4 is 14.2 Å². The smallest absolute Gasteiger partial charge is 0.250 e. The lowest BCUT2D eigenvalue weighted by atomic mass is 10.3. The molecule has 0 aliphatic heterocycles. The van der Waals surface area contributed by atoms with Crippen LogP contribution in [0.2, 0.25) is 0 Å². The van der Waals surface area contributed by atoms with E-state index in [9.17, 15) is 13.2 Å². The van der Waals surface area contributed by atoms with Gasteiger partial charge in [-0.05, 0) is 35.7 Å². The van der Waals surface area contributed by atoms with Crippen molar-refractivity contribution < 1.29 is 22.7 Å². The zero-order valence-corrected chi connectivity index (χ0v) is 16.3. The molecule has 7 nitrogen and oxygen atoms in total. The first-order valence-corrected chi connectivity index (χ1v) is 10.3. The van der Waals surface area contributed by atoms with Crippen molar-refractivity contribution in [2.45, 2.75) is 11.1 Å². The van der Waals surface area contributed by atoms with Crippen molar-refractivity contribution in [3.8, 4) is 11.5 Å². The molecule has 9 heteroatoms. The maximum absolute atomic E-state index is 12.1. The van der Waals surface area contributed by atoms with E-state index in [-0.39, 0.29) is 23.2 Å². The quantitative estimate of drug-likeness (QED) is 0.661. The highest BCUT2D eigenvalue weighted by Gasteiger charge is 2.16. The molecule has 0 bridgehead atoms. The Kier molecular flexibility index (Phi) is 7.43. The fourth-order valence-electron chi connectivity index (χ4n) is 2.17. The molecular formula is C17H22N2O5S2. The maximum Gasteiger partial charge on any atom is 0.250 e. The Morgan fingerprint density at radius 1 is 1.15 bits per heavy atom. The first kappa shape index (κ1) is 20.2. The highest BCUT2D eigenvalue weighted by molar-refractivity contribution is 7.91. The molecule has 2 rings (SSSR count). The Balaban J connectivity index is 1.78. The number of carbonyl (C=O) groups is 1. The highest BCUT2D eigenvalue weighted by Crippen LogP contribution is 2.17. The summed E-state index contributed by atoms with van der Waals surface area (Å²) in [4.78, 5) is 13.3. The molecule has 0 radical (unpaired) electrons. The van der Waals surface area contributed by atoms with Crippen molar-refractivity contribution in [2.24, 2.45) is 0 Å². The van der Waals surface area contributed by atoms with E-state index in [0.29, 0.717) is 18.9 Å². The number of carbonyl (C=O) groups excluding carboxylic acids is 1.